The number of aromatic nitrogens is 2. The summed E-state index contributed by atoms with van der Waals surface area (Å²) in [5.74, 6) is -0.228. The second-order valence-corrected chi connectivity index (χ2v) is 5.76. The molecule has 1 aliphatic carbocycles. The summed E-state index contributed by atoms with van der Waals surface area (Å²) in [6, 6.07) is 0. The van der Waals surface area contributed by atoms with E-state index < -0.39 is 5.60 Å². The van der Waals surface area contributed by atoms with E-state index in [0.717, 1.165) is 0 Å². The molecule has 22 heavy (non-hydrogen) atoms. The Labute approximate surface area is 128 Å². The number of rotatable bonds is 3. The van der Waals surface area contributed by atoms with E-state index >= 15 is 0 Å². The number of esters is 1. The van der Waals surface area contributed by atoms with Crippen molar-refractivity contribution in [2.24, 2.45) is 5.92 Å². The van der Waals surface area contributed by atoms with Crippen molar-refractivity contribution >= 4 is 17.7 Å². The van der Waals surface area contributed by atoms with Crippen LogP contribution in [0.15, 0.2) is 18.7 Å². The largest absolute Gasteiger partial charge is 0.466 e. The maximum absolute atomic E-state index is 12.1. The molecule has 2 aliphatic rings. The van der Waals surface area contributed by atoms with Crippen molar-refractivity contribution in [3.05, 3.63) is 18.7 Å². The van der Waals surface area contributed by atoms with Crippen molar-refractivity contribution in [3.63, 3.8) is 0 Å². The Morgan fingerprint density at radius 3 is 2.73 bits per heavy atom. The molecule has 2 heterocycles. The Hall–Kier alpha value is -2.18. The third-order valence-corrected chi connectivity index (χ3v) is 4.35. The van der Waals surface area contributed by atoms with Crippen LogP contribution in [0.2, 0.25) is 0 Å². The van der Waals surface area contributed by atoms with E-state index in [9.17, 15) is 9.59 Å². The first kappa shape index (κ1) is 14.7. The quantitative estimate of drug-likeness (QED) is 0.794. The lowest BCUT2D eigenvalue weighted by Gasteiger charge is -2.34. The molecule has 1 aromatic heterocycles. The van der Waals surface area contributed by atoms with Crippen LogP contribution in [0.3, 0.4) is 0 Å². The van der Waals surface area contributed by atoms with Crippen molar-refractivity contribution in [1.82, 2.24) is 9.97 Å². The number of carbonyl (C=O) groups excluding carboxylic acids is 2. The van der Waals surface area contributed by atoms with Gasteiger partial charge in [0.15, 0.2) is 0 Å². The molecule has 0 aromatic carbocycles. The lowest BCUT2D eigenvalue weighted by atomic mass is 9.78. The van der Waals surface area contributed by atoms with Gasteiger partial charge >= 0.3 is 12.1 Å². The Morgan fingerprint density at radius 2 is 2.09 bits per heavy atom. The van der Waals surface area contributed by atoms with Crippen LogP contribution in [0.5, 0.6) is 0 Å². The highest BCUT2D eigenvalue weighted by Crippen LogP contribution is 2.40. The third-order valence-electron chi connectivity index (χ3n) is 4.35. The maximum atomic E-state index is 12.1. The zero-order chi connectivity index (χ0) is 15.6. The van der Waals surface area contributed by atoms with E-state index in [1.165, 1.54) is 6.33 Å². The van der Waals surface area contributed by atoms with Gasteiger partial charge in [-0.05, 0) is 32.6 Å². The molecule has 118 valence electrons. The second kappa shape index (κ2) is 5.90. The van der Waals surface area contributed by atoms with E-state index in [1.807, 2.05) is 0 Å². The minimum absolute atomic E-state index is 0.0848. The number of anilines is 1. The minimum atomic E-state index is -0.504. The van der Waals surface area contributed by atoms with Crippen LogP contribution in [0.25, 0.3) is 0 Å². The van der Waals surface area contributed by atoms with Gasteiger partial charge in [-0.3, -0.25) is 9.69 Å². The first-order valence-electron chi connectivity index (χ1n) is 7.56. The minimum Gasteiger partial charge on any atom is -0.466 e. The molecule has 1 aliphatic heterocycles. The van der Waals surface area contributed by atoms with Gasteiger partial charge in [0, 0.05) is 0 Å². The van der Waals surface area contributed by atoms with Gasteiger partial charge in [0.1, 0.15) is 11.9 Å². The van der Waals surface area contributed by atoms with E-state index in [-0.39, 0.29) is 18.0 Å². The monoisotopic (exact) mass is 305 g/mol. The summed E-state index contributed by atoms with van der Waals surface area (Å²) in [7, 11) is 0. The predicted molar refractivity (Wildman–Crippen MR) is 77.2 cm³/mol. The van der Waals surface area contributed by atoms with Crippen LogP contribution in [0.1, 0.15) is 32.6 Å². The van der Waals surface area contributed by atoms with E-state index in [4.69, 9.17) is 9.47 Å². The van der Waals surface area contributed by atoms with Crippen molar-refractivity contribution in [3.8, 4) is 0 Å². The zero-order valence-corrected chi connectivity index (χ0v) is 12.5. The molecular weight excluding hydrogens is 286 g/mol. The first-order valence-corrected chi connectivity index (χ1v) is 7.56. The van der Waals surface area contributed by atoms with E-state index in [2.05, 4.69) is 9.97 Å². The molecular formula is C15H19N3O4. The standard InChI is InChI=1S/C15H19N3O4/c1-2-21-13(19)11-3-5-15(6-4-11)9-18(14(20)22-15)12-7-16-10-17-8-12/h7-8,10-11H,2-6,9H2,1H3/t11-,15-. The summed E-state index contributed by atoms with van der Waals surface area (Å²) < 4.78 is 10.7. The lowest BCUT2D eigenvalue weighted by Crippen LogP contribution is -2.40. The molecule has 1 aromatic rings. The Kier molecular flexibility index (Phi) is 3.96. The number of carbonyl (C=O) groups is 2. The summed E-state index contributed by atoms with van der Waals surface area (Å²) in [6.45, 7) is 2.69. The molecule has 0 N–H and O–H groups in total. The van der Waals surface area contributed by atoms with Gasteiger partial charge in [-0.1, -0.05) is 0 Å². The fraction of sp³-hybridized carbons (Fsp3) is 0.600. The van der Waals surface area contributed by atoms with Gasteiger partial charge < -0.3 is 9.47 Å². The molecule has 1 saturated carbocycles. The molecule has 0 unspecified atom stereocenters. The van der Waals surface area contributed by atoms with Crippen LogP contribution in [-0.2, 0) is 14.3 Å². The summed E-state index contributed by atoms with van der Waals surface area (Å²) in [5, 5.41) is 0. The molecule has 0 radical (unpaired) electrons. The van der Waals surface area contributed by atoms with Crippen molar-refractivity contribution < 1.29 is 19.1 Å². The van der Waals surface area contributed by atoms with Gasteiger partial charge in [0.2, 0.25) is 0 Å². The zero-order valence-electron chi connectivity index (χ0n) is 12.5. The lowest BCUT2D eigenvalue weighted by molar-refractivity contribution is -0.150. The summed E-state index contributed by atoms with van der Waals surface area (Å²) in [5.41, 5.74) is 0.132. The van der Waals surface area contributed by atoms with E-state index in [0.29, 0.717) is 44.5 Å². The highest BCUT2D eigenvalue weighted by molar-refractivity contribution is 5.89. The topological polar surface area (TPSA) is 81.6 Å². The molecule has 1 spiro atoms. The summed E-state index contributed by atoms with van der Waals surface area (Å²) in [6.07, 6.45) is 6.96. The van der Waals surface area contributed by atoms with Gasteiger partial charge in [0.05, 0.1) is 37.2 Å². The third kappa shape index (κ3) is 2.75. The highest BCUT2D eigenvalue weighted by Gasteiger charge is 2.48. The maximum Gasteiger partial charge on any atom is 0.415 e. The van der Waals surface area contributed by atoms with Crippen molar-refractivity contribution in [1.29, 1.82) is 0 Å². The highest BCUT2D eigenvalue weighted by atomic mass is 16.6. The van der Waals surface area contributed by atoms with Crippen molar-refractivity contribution in [2.75, 3.05) is 18.1 Å². The molecule has 7 heteroatoms. The average molecular weight is 305 g/mol. The second-order valence-electron chi connectivity index (χ2n) is 5.76. The molecule has 7 nitrogen and oxygen atoms in total. The van der Waals surface area contributed by atoms with Gasteiger partial charge in [-0.15, -0.1) is 0 Å². The van der Waals surface area contributed by atoms with Gasteiger partial charge in [-0.25, -0.2) is 14.8 Å². The molecule has 3 rings (SSSR count). The number of ether oxygens (including phenoxy) is 2. The van der Waals surface area contributed by atoms with Gasteiger partial charge in [0.25, 0.3) is 0 Å². The number of hydrogen-bond acceptors (Lipinski definition) is 6. The number of hydrogen-bond donors (Lipinski definition) is 0. The number of nitrogens with zero attached hydrogens (tertiary/aromatic N) is 3. The molecule has 2 fully saturated rings. The smallest absolute Gasteiger partial charge is 0.415 e. The molecule has 0 atom stereocenters. The fourth-order valence-electron chi connectivity index (χ4n) is 3.15. The summed E-state index contributed by atoms with van der Waals surface area (Å²) >= 11 is 0. The average Bonchev–Trinajstić information content (AvgIpc) is 2.85. The number of amides is 1. The molecule has 0 bridgehead atoms. The fourth-order valence-corrected chi connectivity index (χ4v) is 3.15. The molecule has 1 saturated heterocycles. The van der Waals surface area contributed by atoms with Crippen LogP contribution in [0, 0.1) is 5.92 Å². The Morgan fingerprint density at radius 1 is 1.41 bits per heavy atom. The SMILES string of the molecule is CCOC(=O)[C@H]1CC[C@]2(CC1)CN(c1cncnc1)C(=O)O2. The van der Waals surface area contributed by atoms with Crippen LogP contribution in [0.4, 0.5) is 10.5 Å². The Balaban J connectivity index is 1.65. The van der Waals surface area contributed by atoms with Crippen LogP contribution in [-0.4, -0.2) is 40.8 Å². The van der Waals surface area contributed by atoms with Crippen molar-refractivity contribution in [2.45, 2.75) is 38.2 Å². The first-order chi connectivity index (χ1) is 10.6. The van der Waals surface area contributed by atoms with Crippen LogP contribution < -0.4 is 4.90 Å². The van der Waals surface area contributed by atoms with Crippen LogP contribution >= 0.6 is 0 Å². The Bertz CT molecular complexity index is 555. The predicted octanol–water partition coefficient (Wildman–Crippen LogP) is 1.93. The van der Waals surface area contributed by atoms with Gasteiger partial charge in [-0.2, -0.15) is 0 Å². The molecule has 1 amide bonds. The summed E-state index contributed by atoms with van der Waals surface area (Å²) in [4.78, 5) is 33.3. The normalized spacial score (nSPS) is 27.8. The van der Waals surface area contributed by atoms with E-state index in [1.54, 1.807) is 24.2 Å².